The molecule has 1 aromatic rings. The zero-order valence-electron chi connectivity index (χ0n) is 10.3. The van der Waals surface area contributed by atoms with Crippen LogP contribution in [0.25, 0.3) is 0 Å². The molecule has 0 saturated carbocycles. The number of hydrogen-bond donors (Lipinski definition) is 0. The zero-order valence-corrected chi connectivity index (χ0v) is 11.0. The van der Waals surface area contributed by atoms with Gasteiger partial charge in [-0.15, -0.1) is 0 Å². The van der Waals surface area contributed by atoms with Gasteiger partial charge in [0, 0.05) is 23.7 Å². The first kappa shape index (κ1) is 14.2. The Morgan fingerprint density at radius 1 is 1.35 bits per heavy atom. The van der Waals surface area contributed by atoms with Gasteiger partial charge >= 0.3 is 0 Å². The van der Waals surface area contributed by atoms with Gasteiger partial charge in [0.25, 0.3) is 0 Å². The Kier molecular flexibility index (Phi) is 6.19. The van der Waals surface area contributed by atoms with Crippen molar-refractivity contribution in [3.8, 4) is 0 Å². The number of hydrogen-bond acceptors (Lipinski definition) is 3. The molecule has 0 N–H and O–H groups in total. The van der Waals surface area contributed by atoms with Crippen LogP contribution in [-0.4, -0.2) is 44.0 Å². The Balaban J connectivity index is 2.40. The van der Waals surface area contributed by atoms with Crippen molar-refractivity contribution in [2.75, 3.05) is 33.4 Å². The molecule has 0 amide bonds. The summed E-state index contributed by atoms with van der Waals surface area (Å²) in [5, 5.41) is 0.645. The highest BCUT2D eigenvalue weighted by Gasteiger charge is 2.08. The lowest BCUT2D eigenvalue weighted by molar-refractivity contribution is 0.0897. The number of ketones is 1. The molecule has 0 fully saturated rings. The fraction of sp³-hybridized carbons (Fsp3) is 0.462. The highest BCUT2D eigenvalue weighted by atomic mass is 35.5. The van der Waals surface area contributed by atoms with E-state index in [1.807, 2.05) is 18.9 Å². The van der Waals surface area contributed by atoms with Crippen molar-refractivity contribution < 1.29 is 9.53 Å². The minimum Gasteiger partial charge on any atom is -0.380 e. The molecule has 4 heteroatoms. The highest BCUT2D eigenvalue weighted by molar-refractivity contribution is 6.30. The van der Waals surface area contributed by atoms with Crippen LogP contribution in [0.4, 0.5) is 0 Å². The SMILES string of the molecule is CCOCCN(C)CC(=O)c1ccc(Cl)cc1. The van der Waals surface area contributed by atoms with E-state index in [1.54, 1.807) is 24.3 Å². The monoisotopic (exact) mass is 255 g/mol. The van der Waals surface area contributed by atoms with Gasteiger partial charge in [0.2, 0.25) is 0 Å². The van der Waals surface area contributed by atoms with Gasteiger partial charge in [-0.2, -0.15) is 0 Å². The molecule has 0 aliphatic carbocycles. The predicted octanol–water partition coefficient (Wildman–Crippen LogP) is 2.49. The Bertz CT molecular complexity index is 351. The zero-order chi connectivity index (χ0) is 12.7. The van der Waals surface area contributed by atoms with E-state index in [9.17, 15) is 4.79 Å². The molecular formula is C13H18ClNO2. The van der Waals surface area contributed by atoms with Crippen LogP contribution in [0.1, 0.15) is 17.3 Å². The van der Waals surface area contributed by atoms with Gasteiger partial charge in [0.15, 0.2) is 5.78 Å². The molecule has 0 bridgehead atoms. The van der Waals surface area contributed by atoms with E-state index >= 15 is 0 Å². The number of carbonyl (C=O) groups is 1. The van der Waals surface area contributed by atoms with Crippen molar-refractivity contribution in [1.82, 2.24) is 4.90 Å². The fourth-order valence-electron chi connectivity index (χ4n) is 1.42. The van der Waals surface area contributed by atoms with Crippen LogP contribution < -0.4 is 0 Å². The van der Waals surface area contributed by atoms with E-state index in [1.165, 1.54) is 0 Å². The van der Waals surface area contributed by atoms with Crippen molar-refractivity contribution in [2.45, 2.75) is 6.92 Å². The van der Waals surface area contributed by atoms with Crippen molar-refractivity contribution >= 4 is 17.4 Å². The standard InChI is InChI=1S/C13H18ClNO2/c1-3-17-9-8-15(2)10-13(16)11-4-6-12(14)7-5-11/h4-7H,3,8-10H2,1-2H3. The molecule has 0 saturated heterocycles. The Labute approximate surface area is 107 Å². The van der Waals surface area contributed by atoms with Gasteiger partial charge in [-0.25, -0.2) is 0 Å². The molecule has 1 aromatic carbocycles. The van der Waals surface area contributed by atoms with Gasteiger partial charge in [0.05, 0.1) is 13.2 Å². The molecule has 17 heavy (non-hydrogen) atoms. The van der Waals surface area contributed by atoms with Crippen molar-refractivity contribution in [3.63, 3.8) is 0 Å². The van der Waals surface area contributed by atoms with Gasteiger partial charge in [-0.3, -0.25) is 9.69 Å². The van der Waals surface area contributed by atoms with Gasteiger partial charge < -0.3 is 4.74 Å². The summed E-state index contributed by atoms with van der Waals surface area (Å²) in [6.07, 6.45) is 0. The summed E-state index contributed by atoms with van der Waals surface area (Å²) in [5.74, 6) is 0.0978. The van der Waals surface area contributed by atoms with E-state index in [2.05, 4.69) is 0 Å². The van der Waals surface area contributed by atoms with Crippen molar-refractivity contribution in [3.05, 3.63) is 34.9 Å². The molecule has 94 valence electrons. The van der Waals surface area contributed by atoms with E-state index in [0.717, 1.165) is 6.54 Å². The van der Waals surface area contributed by atoms with Crippen LogP contribution in [0.15, 0.2) is 24.3 Å². The van der Waals surface area contributed by atoms with Crippen LogP contribution >= 0.6 is 11.6 Å². The predicted molar refractivity (Wildman–Crippen MR) is 69.8 cm³/mol. The van der Waals surface area contributed by atoms with E-state index in [4.69, 9.17) is 16.3 Å². The largest absolute Gasteiger partial charge is 0.380 e. The Hall–Kier alpha value is -0.900. The summed E-state index contributed by atoms with van der Waals surface area (Å²) in [7, 11) is 1.91. The number of ether oxygens (including phenoxy) is 1. The lowest BCUT2D eigenvalue weighted by atomic mass is 10.1. The van der Waals surface area contributed by atoms with Crippen LogP contribution in [-0.2, 0) is 4.74 Å². The number of carbonyl (C=O) groups excluding carboxylic acids is 1. The quantitative estimate of drug-likeness (QED) is 0.554. The van der Waals surface area contributed by atoms with E-state index in [0.29, 0.717) is 30.3 Å². The second kappa shape index (κ2) is 7.43. The third kappa shape index (κ3) is 5.31. The molecule has 0 aliphatic heterocycles. The van der Waals surface area contributed by atoms with Crippen molar-refractivity contribution in [1.29, 1.82) is 0 Å². The highest BCUT2D eigenvalue weighted by Crippen LogP contribution is 2.10. The summed E-state index contributed by atoms with van der Waals surface area (Å²) < 4.78 is 5.24. The maximum absolute atomic E-state index is 11.9. The van der Waals surface area contributed by atoms with Gasteiger partial charge in [-0.1, -0.05) is 11.6 Å². The van der Waals surface area contributed by atoms with Crippen LogP contribution in [0.3, 0.4) is 0 Å². The first-order valence-electron chi connectivity index (χ1n) is 5.68. The topological polar surface area (TPSA) is 29.5 Å². The minimum atomic E-state index is 0.0978. The lowest BCUT2D eigenvalue weighted by Crippen LogP contribution is -2.29. The van der Waals surface area contributed by atoms with Gasteiger partial charge in [-0.05, 0) is 38.2 Å². The first-order valence-corrected chi connectivity index (χ1v) is 6.06. The minimum absolute atomic E-state index is 0.0978. The molecule has 0 atom stereocenters. The average Bonchev–Trinajstić information content (AvgIpc) is 2.30. The number of likely N-dealkylation sites (N-methyl/N-ethyl adjacent to an activating group) is 1. The molecule has 1 rings (SSSR count). The van der Waals surface area contributed by atoms with Crippen molar-refractivity contribution in [2.24, 2.45) is 0 Å². The number of nitrogens with zero attached hydrogens (tertiary/aromatic N) is 1. The maximum atomic E-state index is 11.9. The smallest absolute Gasteiger partial charge is 0.176 e. The molecule has 0 spiro atoms. The Morgan fingerprint density at radius 3 is 2.59 bits per heavy atom. The number of benzene rings is 1. The number of halogens is 1. The lowest BCUT2D eigenvalue weighted by Gasteiger charge is -2.15. The summed E-state index contributed by atoms with van der Waals surface area (Å²) in [4.78, 5) is 13.8. The normalized spacial score (nSPS) is 10.8. The molecule has 0 aromatic heterocycles. The molecule has 0 unspecified atom stereocenters. The average molecular weight is 256 g/mol. The third-order valence-electron chi connectivity index (χ3n) is 2.40. The number of Topliss-reactive ketones (excluding diaryl/α,β-unsaturated/α-hetero) is 1. The number of rotatable bonds is 7. The Morgan fingerprint density at radius 2 is 2.00 bits per heavy atom. The first-order chi connectivity index (χ1) is 8.13. The summed E-state index contributed by atoms with van der Waals surface area (Å²) in [6.45, 7) is 4.47. The van der Waals surface area contributed by atoms with Crippen LogP contribution in [0.2, 0.25) is 5.02 Å². The maximum Gasteiger partial charge on any atom is 0.176 e. The summed E-state index contributed by atoms with van der Waals surface area (Å²) in [5.41, 5.74) is 0.692. The summed E-state index contributed by atoms with van der Waals surface area (Å²) >= 11 is 5.77. The fourth-order valence-corrected chi connectivity index (χ4v) is 1.54. The van der Waals surface area contributed by atoms with E-state index < -0.39 is 0 Å². The third-order valence-corrected chi connectivity index (χ3v) is 2.65. The molecule has 0 heterocycles. The second-order valence-electron chi connectivity index (χ2n) is 3.86. The second-order valence-corrected chi connectivity index (χ2v) is 4.30. The summed E-state index contributed by atoms with van der Waals surface area (Å²) in [6, 6.07) is 6.96. The van der Waals surface area contributed by atoms with Crippen LogP contribution in [0.5, 0.6) is 0 Å². The molecule has 0 aliphatic rings. The molecular weight excluding hydrogens is 238 g/mol. The van der Waals surface area contributed by atoms with E-state index in [-0.39, 0.29) is 5.78 Å². The van der Waals surface area contributed by atoms with Crippen LogP contribution in [0, 0.1) is 0 Å². The molecule has 3 nitrogen and oxygen atoms in total. The van der Waals surface area contributed by atoms with Gasteiger partial charge in [0.1, 0.15) is 0 Å². The molecule has 0 radical (unpaired) electrons.